The van der Waals surface area contributed by atoms with E-state index in [1.165, 1.54) is 11.3 Å². The fourth-order valence-corrected chi connectivity index (χ4v) is 4.33. The van der Waals surface area contributed by atoms with Crippen LogP contribution in [-0.2, 0) is 6.42 Å². The highest BCUT2D eigenvalue weighted by atomic mass is 32.1. The van der Waals surface area contributed by atoms with E-state index in [2.05, 4.69) is 22.5 Å². The molecule has 1 saturated heterocycles. The number of piperidine rings is 1. The maximum Gasteiger partial charge on any atom is 0.206 e. The second-order valence-corrected chi connectivity index (χ2v) is 8.35. The van der Waals surface area contributed by atoms with Crippen LogP contribution in [0, 0.1) is 0 Å². The second-order valence-electron chi connectivity index (χ2n) is 7.35. The van der Waals surface area contributed by atoms with Gasteiger partial charge in [-0.3, -0.25) is 4.79 Å². The first-order valence-electron chi connectivity index (χ1n) is 10.3. The molecule has 1 fully saturated rings. The molecule has 4 rings (SSSR count). The van der Waals surface area contributed by atoms with Gasteiger partial charge in [0.05, 0.1) is 0 Å². The SMILES string of the molecule is CCc1cccc(C(=O)c2sc(Nc3ccc(OC4CCCNC4)cc3)nc2N)c1. The lowest BCUT2D eigenvalue weighted by Crippen LogP contribution is -2.37. The predicted molar refractivity (Wildman–Crippen MR) is 122 cm³/mol. The highest BCUT2D eigenvalue weighted by Gasteiger charge is 2.19. The van der Waals surface area contributed by atoms with Gasteiger partial charge in [-0.05, 0) is 61.7 Å². The zero-order chi connectivity index (χ0) is 20.9. The number of hydrogen-bond donors (Lipinski definition) is 3. The van der Waals surface area contributed by atoms with Crippen LogP contribution in [0.1, 0.15) is 40.6 Å². The van der Waals surface area contributed by atoms with Gasteiger partial charge in [0.15, 0.2) is 5.13 Å². The number of benzene rings is 2. The van der Waals surface area contributed by atoms with Crippen molar-refractivity contribution in [2.75, 3.05) is 24.1 Å². The molecule has 1 atom stereocenters. The topological polar surface area (TPSA) is 89.3 Å². The van der Waals surface area contributed by atoms with E-state index in [-0.39, 0.29) is 17.7 Å². The van der Waals surface area contributed by atoms with E-state index in [4.69, 9.17) is 10.5 Å². The third-order valence-electron chi connectivity index (χ3n) is 5.12. The van der Waals surface area contributed by atoms with Gasteiger partial charge >= 0.3 is 0 Å². The number of nitrogens with one attached hydrogen (secondary N) is 2. The minimum atomic E-state index is -0.0989. The molecule has 6 nitrogen and oxygen atoms in total. The molecular weight excluding hydrogens is 396 g/mol. The number of nitrogen functional groups attached to an aromatic ring is 1. The molecule has 0 spiro atoms. The molecule has 2 heterocycles. The van der Waals surface area contributed by atoms with Crippen molar-refractivity contribution >= 4 is 33.8 Å². The van der Waals surface area contributed by atoms with Crippen molar-refractivity contribution in [3.63, 3.8) is 0 Å². The molecule has 30 heavy (non-hydrogen) atoms. The van der Waals surface area contributed by atoms with Crippen LogP contribution in [0.3, 0.4) is 0 Å². The molecule has 7 heteroatoms. The van der Waals surface area contributed by atoms with E-state index < -0.39 is 0 Å². The lowest BCUT2D eigenvalue weighted by Gasteiger charge is -2.24. The number of aryl methyl sites for hydroxylation is 1. The molecule has 0 saturated carbocycles. The molecule has 1 aliphatic rings. The smallest absolute Gasteiger partial charge is 0.206 e. The number of carbonyl (C=O) groups is 1. The van der Waals surface area contributed by atoms with Gasteiger partial charge in [0.2, 0.25) is 5.78 Å². The van der Waals surface area contributed by atoms with Gasteiger partial charge in [-0.15, -0.1) is 0 Å². The highest BCUT2D eigenvalue weighted by molar-refractivity contribution is 7.18. The van der Waals surface area contributed by atoms with Crippen molar-refractivity contribution in [1.29, 1.82) is 0 Å². The average molecular weight is 423 g/mol. The first-order valence-corrected chi connectivity index (χ1v) is 11.1. The lowest BCUT2D eigenvalue weighted by molar-refractivity contribution is 0.104. The van der Waals surface area contributed by atoms with E-state index in [0.29, 0.717) is 15.6 Å². The Labute approximate surface area is 180 Å². The molecule has 4 N–H and O–H groups in total. The average Bonchev–Trinajstić information content (AvgIpc) is 3.15. The first-order chi connectivity index (χ1) is 14.6. The molecule has 0 radical (unpaired) electrons. The van der Waals surface area contributed by atoms with Crippen molar-refractivity contribution < 1.29 is 9.53 Å². The van der Waals surface area contributed by atoms with Crippen LogP contribution in [0.25, 0.3) is 0 Å². The van der Waals surface area contributed by atoms with E-state index in [1.54, 1.807) is 0 Å². The summed E-state index contributed by atoms with van der Waals surface area (Å²) >= 11 is 1.27. The molecule has 1 aliphatic heterocycles. The van der Waals surface area contributed by atoms with Crippen molar-refractivity contribution in [3.8, 4) is 5.75 Å². The Bertz CT molecular complexity index is 1010. The van der Waals surface area contributed by atoms with Gasteiger partial charge in [0.25, 0.3) is 0 Å². The van der Waals surface area contributed by atoms with E-state index in [9.17, 15) is 4.79 Å². The normalized spacial score (nSPS) is 16.2. The number of anilines is 3. The Morgan fingerprint density at radius 1 is 1.30 bits per heavy atom. The molecule has 0 aliphatic carbocycles. The van der Waals surface area contributed by atoms with E-state index in [0.717, 1.165) is 49.4 Å². The molecule has 1 unspecified atom stereocenters. The third-order valence-corrected chi connectivity index (χ3v) is 6.10. The Morgan fingerprint density at radius 3 is 2.87 bits per heavy atom. The molecule has 3 aromatic rings. The standard InChI is InChI=1S/C23H26N4O2S/c1-2-15-5-3-6-16(13-15)20(28)21-22(24)27-23(30-21)26-17-8-10-18(11-9-17)29-19-7-4-12-25-14-19/h3,5-6,8-11,13,19,25H,2,4,7,12,14,24H2,1H3,(H,26,27). The number of hydrogen-bond acceptors (Lipinski definition) is 7. The Kier molecular flexibility index (Phi) is 6.30. The number of thiazole rings is 1. The summed E-state index contributed by atoms with van der Waals surface area (Å²) in [6, 6.07) is 15.4. The third kappa shape index (κ3) is 4.80. The molecule has 0 amide bonds. The van der Waals surface area contributed by atoms with Gasteiger partial charge in [-0.2, -0.15) is 0 Å². The van der Waals surface area contributed by atoms with Crippen LogP contribution >= 0.6 is 11.3 Å². The number of aromatic nitrogens is 1. The maximum absolute atomic E-state index is 12.9. The number of nitrogens with two attached hydrogens (primary N) is 1. The molecule has 1 aromatic heterocycles. The molecule has 156 valence electrons. The van der Waals surface area contributed by atoms with Crippen LogP contribution in [0.4, 0.5) is 16.6 Å². The van der Waals surface area contributed by atoms with Gasteiger partial charge < -0.3 is 21.1 Å². The monoisotopic (exact) mass is 422 g/mol. The van der Waals surface area contributed by atoms with Gasteiger partial charge in [0.1, 0.15) is 22.5 Å². The van der Waals surface area contributed by atoms with Gasteiger partial charge in [-0.25, -0.2) is 4.98 Å². The van der Waals surface area contributed by atoms with Crippen molar-refractivity contribution in [2.24, 2.45) is 0 Å². The number of ether oxygens (including phenoxy) is 1. The number of carbonyl (C=O) groups excluding carboxylic acids is 1. The van der Waals surface area contributed by atoms with Crippen LogP contribution in [0.2, 0.25) is 0 Å². The van der Waals surface area contributed by atoms with Crippen molar-refractivity contribution in [3.05, 3.63) is 64.5 Å². The molecular formula is C23H26N4O2S. The summed E-state index contributed by atoms with van der Waals surface area (Å²) in [6.45, 7) is 4.01. The number of ketones is 1. The Balaban J connectivity index is 1.43. The number of nitrogens with zero attached hydrogens (tertiary/aromatic N) is 1. The largest absolute Gasteiger partial charge is 0.489 e. The lowest BCUT2D eigenvalue weighted by atomic mass is 10.1. The van der Waals surface area contributed by atoms with E-state index in [1.807, 2.05) is 48.5 Å². The van der Waals surface area contributed by atoms with Crippen LogP contribution in [0.15, 0.2) is 48.5 Å². The number of rotatable bonds is 7. The minimum absolute atomic E-state index is 0.0989. The van der Waals surface area contributed by atoms with Crippen LogP contribution in [-0.4, -0.2) is 30.0 Å². The second kappa shape index (κ2) is 9.28. The van der Waals surface area contributed by atoms with Crippen LogP contribution < -0.4 is 21.1 Å². The molecule has 2 aromatic carbocycles. The summed E-state index contributed by atoms with van der Waals surface area (Å²) in [4.78, 5) is 17.7. The Morgan fingerprint density at radius 2 is 2.13 bits per heavy atom. The fourth-order valence-electron chi connectivity index (χ4n) is 3.46. The van der Waals surface area contributed by atoms with E-state index >= 15 is 0 Å². The summed E-state index contributed by atoms with van der Waals surface area (Å²) in [5.74, 6) is 0.997. The summed E-state index contributed by atoms with van der Waals surface area (Å²) < 4.78 is 6.02. The first kappa shape index (κ1) is 20.4. The minimum Gasteiger partial charge on any atom is -0.489 e. The van der Waals surface area contributed by atoms with Gasteiger partial charge in [-0.1, -0.05) is 36.5 Å². The fraction of sp³-hybridized carbons (Fsp3) is 0.304. The van der Waals surface area contributed by atoms with Gasteiger partial charge in [0, 0.05) is 17.8 Å². The quantitative estimate of drug-likeness (QED) is 0.489. The predicted octanol–water partition coefficient (Wildman–Crippen LogP) is 4.39. The molecule has 0 bridgehead atoms. The van der Waals surface area contributed by atoms with Crippen molar-refractivity contribution in [1.82, 2.24) is 10.3 Å². The highest BCUT2D eigenvalue weighted by Crippen LogP contribution is 2.30. The summed E-state index contributed by atoms with van der Waals surface area (Å²) in [7, 11) is 0. The summed E-state index contributed by atoms with van der Waals surface area (Å²) in [5, 5.41) is 7.17. The van der Waals surface area contributed by atoms with Crippen molar-refractivity contribution in [2.45, 2.75) is 32.3 Å². The van der Waals surface area contributed by atoms with Crippen LogP contribution in [0.5, 0.6) is 5.75 Å². The zero-order valence-electron chi connectivity index (χ0n) is 17.0. The Hall–Kier alpha value is -2.90. The summed E-state index contributed by atoms with van der Waals surface area (Å²) in [6.07, 6.45) is 3.31. The zero-order valence-corrected chi connectivity index (χ0v) is 17.8. The maximum atomic E-state index is 12.9. The summed E-state index contributed by atoms with van der Waals surface area (Å²) in [5.41, 5.74) is 8.66.